The van der Waals surface area contributed by atoms with Gasteiger partial charge in [-0.2, -0.15) is 0 Å². The molecule has 0 saturated heterocycles. The van der Waals surface area contributed by atoms with Crippen LogP contribution in [0.1, 0.15) is 42.5 Å². The first-order valence-electron chi connectivity index (χ1n) is 8.63. The third-order valence-corrected chi connectivity index (χ3v) is 4.63. The molecule has 0 aliphatic rings. The van der Waals surface area contributed by atoms with Crippen LogP contribution in [0.5, 0.6) is 0 Å². The van der Waals surface area contributed by atoms with Crippen molar-refractivity contribution in [1.29, 1.82) is 0 Å². The number of rotatable bonds is 7. The summed E-state index contributed by atoms with van der Waals surface area (Å²) in [5, 5.41) is 0. The number of benzene rings is 2. The quantitative estimate of drug-likeness (QED) is 0.800. The fourth-order valence-electron chi connectivity index (χ4n) is 2.91. The zero-order chi connectivity index (χ0) is 17.5. The molecule has 1 amide bonds. The van der Waals surface area contributed by atoms with Gasteiger partial charge in [0.05, 0.1) is 0 Å². The molecule has 0 radical (unpaired) electrons. The summed E-state index contributed by atoms with van der Waals surface area (Å²) >= 11 is 0. The van der Waals surface area contributed by atoms with Gasteiger partial charge in [-0.1, -0.05) is 67.1 Å². The van der Waals surface area contributed by atoms with Gasteiger partial charge in [0, 0.05) is 25.6 Å². The Morgan fingerprint density at radius 1 is 1.08 bits per heavy atom. The van der Waals surface area contributed by atoms with Crippen molar-refractivity contribution in [3.8, 4) is 0 Å². The van der Waals surface area contributed by atoms with Crippen LogP contribution >= 0.6 is 12.4 Å². The van der Waals surface area contributed by atoms with Gasteiger partial charge in [-0.25, -0.2) is 0 Å². The minimum Gasteiger partial charge on any atom is -0.342 e. The molecule has 0 aliphatic heterocycles. The molecule has 2 N–H and O–H groups in total. The Morgan fingerprint density at radius 2 is 1.68 bits per heavy atom. The smallest absolute Gasteiger partial charge is 0.224 e. The maximum atomic E-state index is 12.6. The molecular formula is C21H29ClN2O. The number of nitrogens with two attached hydrogens (primary N) is 1. The highest BCUT2D eigenvalue weighted by Crippen LogP contribution is 2.18. The Morgan fingerprint density at radius 3 is 2.24 bits per heavy atom. The van der Waals surface area contributed by atoms with E-state index in [1.165, 1.54) is 11.1 Å². The SMILES string of the molecule is CCC(Cc1ccc(C)cc1)N(C)C(=O)CC(N)c1ccccc1.Cl. The van der Waals surface area contributed by atoms with E-state index in [1.54, 1.807) is 0 Å². The van der Waals surface area contributed by atoms with Crippen LogP contribution in [0, 0.1) is 6.92 Å². The molecule has 25 heavy (non-hydrogen) atoms. The Bertz CT molecular complexity index is 643. The molecule has 3 nitrogen and oxygen atoms in total. The van der Waals surface area contributed by atoms with Gasteiger partial charge in [0.1, 0.15) is 0 Å². The summed E-state index contributed by atoms with van der Waals surface area (Å²) in [5.74, 6) is 0.102. The first-order chi connectivity index (χ1) is 11.5. The van der Waals surface area contributed by atoms with Gasteiger partial charge in [0.2, 0.25) is 5.91 Å². The lowest BCUT2D eigenvalue weighted by Crippen LogP contribution is -2.39. The minimum atomic E-state index is -0.252. The van der Waals surface area contributed by atoms with Gasteiger partial charge >= 0.3 is 0 Å². The van der Waals surface area contributed by atoms with Gasteiger partial charge in [-0.05, 0) is 30.9 Å². The van der Waals surface area contributed by atoms with E-state index >= 15 is 0 Å². The number of likely N-dealkylation sites (N-methyl/N-ethyl adjacent to an activating group) is 1. The second kappa shape index (κ2) is 10.2. The molecule has 136 valence electrons. The number of carbonyl (C=O) groups is 1. The summed E-state index contributed by atoms with van der Waals surface area (Å²) in [5.41, 5.74) is 9.72. The van der Waals surface area contributed by atoms with Crippen molar-refractivity contribution < 1.29 is 4.79 Å². The molecule has 0 fully saturated rings. The standard InChI is InChI=1S/C21H28N2O.ClH/c1-4-19(14-17-12-10-16(2)11-13-17)23(3)21(24)15-20(22)18-8-6-5-7-9-18;/h5-13,19-20H,4,14-15,22H2,1-3H3;1H. The molecule has 2 rings (SSSR count). The summed E-state index contributed by atoms with van der Waals surface area (Å²) in [6.07, 6.45) is 2.14. The molecule has 0 aromatic heterocycles. The fourth-order valence-corrected chi connectivity index (χ4v) is 2.91. The lowest BCUT2D eigenvalue weighted by atomic mass is 10.00. The lowest BCUT2D eigenvalue weighted by Gasteiger charge is -2.28. The topological polar surface area (TPSA) is 46.3 Å². The number of nitrogens with zero attached hydrogens (tertiary/aromatic N) is 1. The number of hydrogen-bond acceptors (Lipinski definition) is 2. The van der Waals surface area contributed by atoms with E-state index < -0.39 is 0 Å². The number of aryl methyl sites for hydroxylation is 1. The highest BCUT2D eigenvalue weighted by atomic mass is 35.5. The van der Waals surface area contributed by atoms with Gasteiger partial charge < -0.3 is 10.6 Å². The van der Waals surface area contributed by atoms with Crippen LogP contribution in [-0.4, -0.2) is 23.9 Å². The van der Waals surface area contributed by atoms with Crippen LogP contribution in [0.25, 0.3) is 0 Å². The normalized spacial score (nSPS) is 12.8. The molecule has 2 atom stereocenters. The molecule has 4 heteroatoms. The highest BCUT2D eigenvalue weighted by molar-refractivity contribution is 5.85. The average molecular weight is 361 g/mol. The Balaban J connectivity index is 0.00000312. The van der Waals surface area contributed by atoms with Crippen LogP contribution in [-0.2, 0) is 11.2 Å². The zero-order valence-electron chi connectivity index (χ0n) is 15.3. The van der Waals surface area contributed by atoms with Crippen molar-refractivity contribution in [3.05, 3.63) is 71.3 Å². The van der Waals surface area contributed by atoms with E-state index in [0.717, 1.165) is 18.4 Å². The van der Waals surface area contributed by atoms with Gasteiger partial charge in [-0.15, -0.1) is 12.4 Å². The van der Waals surface area contributed by atoms with Gasteiger partial charge in [0.25, 0.3) is 0 Å². The Hall–Kier alpha value is -1.84. The second-order valence-corrected chi connectivity index (χ2v) is 6.48. The predicted octanol–water partition coefficient (Wildman–Crippen LogP) is 4.29. The van der Waals surface area contributed by atoms with Crippen LogP contribution in [0.4, 0.5) is 0 Å². The van der Waals surface area contributed by atoms with Crippen LogP contribution in [0.3, 0.4) is 0 Å². The van der Waals surface area contributed by atoms with Crippen molar-refractivity contribution in [2.24, 2.45) is 5.73 Å². The third kappa shape index (κ3) is 6.18. The molecule has 2 aromatic rings. The van der Waals surface area contributed by atoms with Crippen LogP contribution < -0.4 is 5.73 Å². The maximum absolute atomic E-state index is 12.6. The predicted molar refractivity (Wildman–Crippen MR) is 107 cm³/mol. The monoisotopic (exact) mass is 360 g/mol. The van der Waals surface area contributed by atoms with Crippen molar-refractivity contribution in [1.82, 2.24) is 4.90 Å². The lowest BCUT2D eigenvalue weighted by molar-refractivity contribution is -0.132. The third-order valence-electron chi connectivity index (χ3n) is 4.63. The number of amides is 1. The molecule has 2 unspecified atom stereocenters. The van der Waals surface area contributed by atoms with E-state index in [1.807, 2.05) is 42.3 Å². The summed E-state index contributed by atoms with van der Waals surface area (Å²) in [4.78, 5) is 14.5. The zero-order valence-corrected chi connectivity index (χ0v) is 16.1. The highest BCUT2D eigenvalue weighted by Gasteiger charge is 2.21. The van der Waals surface area contributed by atoms with E-state index in [2.05, 4.69) is 38.1 Å². The van der Waals surface area contributed by atoms with E-state index in [0.29, 0.717) is 6.42 Å². The van der Waals surface area contributed by atoms with Crippen LogP contribution in [0.2, 0.25) is 0 Å². The summed E-state index contributed by atoms with van der Waals surface area (Å²) in [6, 6.07) is 18.3. The van der Waals surface area contributed by atoms with E-state index in [4.69, 9.17) is 5.73 Å². The second-order valence-electron chi connectivity index (χ2n) is 6.48. The van der Waals surface area contributed by atoms with Crippen molar-refractivity contribution in [3.63, 3.8) is 0 Å². The molecular weight excluding hydrogens is 332 g/mol. The van der Waals surface area contributed by atoms with E-state index in [9.17, 15) is 4.79 Å². The largest absolute Gasteiger partial charge is 0.342 e. The average Bonchev–Trinajstić information content (AvgIpc) is 2.61. The van der Waals surface area contributed by atoms with E-state index in [-0.39, 0.29) is 30.4 Å². The summed E-state index contributed by atoms with van der Waals surface area (Å²) in [6.45, 7) is 4.21. The van der Waals surface area contributed by atoms with Gasteiger partial charge in [0.15, 0.2) is 0 Å². The molecule has 0 saturated carbocycles. The van der Waals surface area contributed by atoms with Crippen molar-refractivity contribution in [2.75, 3.05) is 7.05 Å². The molecule has 0 heterocycles. The summed E-state index contributed by atoms with van der Waals surface area (Å²) in [7, 11) is 1.89. The first-order valence-corrected chi connectivity index (χ1v) is 8.63. The number of carbonyl (C=O) groups excluding carboxylic acids is 1. The fraction of sp³-hybridized carbons (Fsp3) is 0.381. The number of halogens is 1. The van der Waals surface area contributed by atoms with Crippen molar-refractivity contribution >= 4 is 18.3 Å². The first kappa shape index (κ1) is 21.2. The van der Waals surface area contributed by atoms with Gasteiger partial charge in [-0.3, -0.25) is 4.79 Å². The molecule has 2 aromatic carbocycles. The Labute approximate surface area is 157 Å². The van der Waals surface area contributed by atoms with Crippen molar-refractivity contribution in [2.45, 2.75) is 45.2 Å². The molecule has 0 spiro atoms. The maximum Gasteiger partial charge on any atom is 0.224 e. The molecule has 0 bridgehead atoms. The minimum absolute atomic E-state index is 0. The number of hydrogen-bond donors (Lipinski definition) is 1. The molecule has 0 aliphatic carbocycles. The summed E-state index contributed by atoms with van der Waals surface area (Å²) < 4.78 is 0. The van der Waals surface area contributed by atoms with Crippen LogP contribution in [0.15, 0.2) is 54.6 Å². The Kier molecular flexibility index (Phi) is 8.67.